The summed E-state index contributed by atoms with van der Waals surface area (Å²) in [6.07, 6.45) is 5.06. The molecule has 0 aromatic carbocycles. The summed E-state index contributed by atoms with van der Waals surface area (Å²) >= 11 is 0. The third-order valence-electron chi connectivity index (χ3n) is 2.19. The van der Waals surface area contributed by atoms with Gasteiger partial charge in [0.25, 0.3) is 0 Å². The summed E-state index contributed by atoms with van der Waals surface area (Å²) in [5.74, 6) is 0.913. The first-order valence-corrected chi connectivity index (χ1v) is 4.92. The molecule has 0 aliphatic heterocycles. The largest absolute Gasteiger partial charge is 0.321 e. The summed E-state index contributed by atoms with van der Waals surface area (Å²) in [5, 5.41) is 7.88. The molecule has 4 nitrogen and oxygen atoms in total. The Morgan fingerprint density at radius 2 is 2.31 bits per heavy atom. The summed E-state index contributed by atoms with van der Waals surface area (Å²) in [7, 11) is 0. The van der Waals surface area contributed by atoms with Crippen molar-refractivity contribution in [3.8, 4) is 0 Å². The molecular formula is C9H18N4. The van der Waals surface area contributed by atoms with Crippen LogP contribution < -0.4 is 5.73 Å². The first-order chi connectivity index (χ1) is 6.29. The van der Waals surface area contributed by atoms with Gasteiger partial charge in [-0.2, -0.15) is 0 Å². The highest BCUT2D eigenvalue weighted by Crippen LogP contribution is 2.13. The van der Waals surface area contributed by atoms with Crippen LogP contribution in [0.1, 0.15) is 45.0 Å². The van der Waals surface area contributed by atoms with Gasteiger partial charge in [0.2, 0.25) is 0 Å². The lowest BCUT2D eigenvalue weighted by molar-refractivity contribution is 0.541. The van der Waals surface area contributed by atoms with E-state index in [1.54, 1.807) is 6.33 Å². The molecule has 4 heteroatoms. The van der Waals surface area contributed by atoms with Gasteiger partial charge >= 0.3 is 0 Å². The first kappa shape index (κ1) is 10.2. The average Bonchev–Trinajstić information content (AvgIpc) is 2.61. The Kier molecular flexibility index (Phi) is 3.89. The molecule has 1 rings (SSSR count). The van der Waals surface area contributed by atoms with Crippen molar-refractivity contribution in [3.05, 3.63) is 12.2 Å². The van der Waals surface area contributed by atoms with Gasteiger partial charge in [-0.1, -0.05) is 19.8 Å². The zero-order chi connectivity index (χ0) is 9.68. The Bertz CT molecular complexity index is 244. The van der Waals surface area contributed by atoms with Gasteiger partial charge in [-0.3, -0.25) is 0 Å². The highest BCUT2D eigenvalue weighted by molar-refractivity contribution is 4.93. The second kappa shape index (κ2) is 4.97. The molecule has 74 valence electrons. The highest BCUT2D eigenvalue weighted by Gasteiger charge is 2.11. The minimum atomic E-state index is 0.0439. The summed E-state index contributed by atoms with van der Waals surface area (Å²) in [6.45, 7) is 5.12. The van der Waals surface area contributed by atoms with Gasteiger partial charge < -0.3 is 10.3 Å². The van der Waals surface area contributed by atoms with Crippen LogP contribution in [0.15, 0.2) is 6.33 Å². The van der Waals surface area contributed by atoms with E-state index >= 15 is 0 Å². The highest BCUT2D eigenvalue weighted by atomic mass is 15.3. The minimum absolute atomic E-state index is 0.0439. The molecular weight excluding hydrogens is 164 g/mol. The topological polar surface area (TPSA) is 56.7 Å². The molecule has 1 unspecified atom stereocenters. The zero-order valence-electron chi connectivity index (χ0n) is 8.40. The fourth-order valence-electron chi connectivity index (χ4n) is 1.35. The molecule has 1 atom stereocenters. The monoisotopic (exact) mass is 182 g/mol. The molecule has 0 amide bonds. The lowest BCUT2D eigenvalue weighted by Crippen LogP contribution is -2.16. The minimum Gasteiger partial charge on any atom is -0.321 e. The lowest BCUT2D eigenvalue weighted by Gasteiger charge is -2.10. The van der Waals surface area contributed by atoms with E-state index < -0.39 is 0 Å². The Morgan fingerprint density at radius 3 is 2.92 bits per heavy atom. The van der Waals surface area contributed by atoms with Crippen molar-refractivity contribution >= 4 is 0 Å². The van der Waals surface area contributed by atoms with Crippen molar-refractivity contribution in [2.24, 2.45) is 5.73 Å². The number of nitrogens with zero attached hydrogens (tertiary/aromatic N) is 3. The van der Waals surface area contributed by atoms with Crippen LogP contribution in [0.3, 0.4) is 0 Å². The van der Waals surface area contributed by atoms with Crippen LogP contribution in [0.5, 0.6) is 0 Å². The smallest absolute Gasteiger partial charge is 0.149 e. The van der Waals surface area contributed by atoms with Gasteiger partial charge in [0, 0.05) is 6.54 Å². The number of nitrogens with two attached hydrogens (primary N) is 1. The number of hydrogen-bond donors (Lipinski definition) is 1. The average molecular weight is 182 g/mol. The Hall–Kier alpha value is -0.900. The fourth-order valence-corrected chi connectivity index (χ4v) is 1.35. The van der Waals surface area contributed by atoms with Gasteiger partial charge in [0.1, 0.15) is 12.2 Å². The van der Waals surface area contributed by atoms with Crippen molar-refractivity contribution < 1.29 is 0 Å². The van der Waals surface area contributed by atoms with E-state index in [0.29, 0.717) is 0 Å². The quantitative estimate of drug-likeness (QED) is 0.750. The summed E-state index contributed by atoms with van der Waals surface area (Å²) < 4.78 is 2.00. The number of rotatable bonds is 5. The molecule has 0 fully saturated rings. The predicted molar refractivity (Wildman–Crippen MR) is 52.1 cm³/mol. The normalized spacial score (nSPS) is 13.2. The molecule has 13 heavy (non-hydrogen) atoms. The van der Waals surface area contributed by atoms with Crippen LogP contribution in [-0.2, 0) is 6.54 Å². The summed E-state index contributed by atoms with van der Waals surface area (Å²) in [5.41, 5.74) is 5.98. The van der Waals surface area contributed by atoms with Crippen molar-refractivity contribution in [3.63, 3.8) is 0 Å². The fraction of sp³-hybridized carbons (Fsp3) is 0.778. The zero-order valence-corrected chi connectivity index (χ0v) is 8.40. The van der Waals surface area contributed by atoms with Crippen LogP contribution in [0, 0.1) is 0 Å². The Labute approximate surface area is 79.2 Å². The Balaban J connectivity index is 2.59. The van der Waals surface area contributed by atoms with Gasteiger partial charge in [0.15, 0.2) is 0 Å². The van der Waals surface area contributed by atoms with Crippen LogP contribution >= 0.6 is 0 Å². The predicted octanol–water partition coefficient (Wildman–Crippen LogP) is 1.49. The third kappa shape index (κ3) is 2.52. The van der Waals surface area contributed by atoms with E-state index in [0.717, 1.165) is 25.2 Å². The first-order valence-electron chi connectivity index (χ1n) is 4.92. The van der Waals surface area contributed by atoms with E-state index in [2.05, 4.69) is 24.0 Å². The maximum atomic E-state index is 5.98. The summed E-state index contributed by atoms with van der Waals surface area (Å²) in [6, 6.07) is 0.0439. The molecule has 1 aromatic rings. The number of unbranched alkanes of at least 4 members (excludes halogenated alkanes) is 1. The maximum absolute atomic E-state index is 5.98. The molecule has 0 radical (unpaired) electrons. The molecule has 0 saturated carbocycles. The molecule has 2 N–H and O–H groups in total. The van der Waals surface area contributed by atoms with E-state index in [1.807, 2.05) is 4.57 Å². The van der Waals surface area contributed by atoms with Crippen LogP contribution in [0.2, 0.25) is 0 Å². The van der Waals surface area contributed by atoms with Crippen molar-refractivity contribution in [1.82, 2.24) is 14.8 Å². The van der Waals surface area contributed by atoms with Gasteiger partial charge in [-0.15, -0.1) is 10.2 Å². The molecule has 0 saturated heterocycles. The van der Waals surface area contributed by atoms with Gasteiger partial charge in [0.05, 0.1) is 6.04 Å². The SMILES string of the molecule is CCCCC(N)c1nncn1CC. The van der Waals surface area contributed by atoms with E-state index in [9.17, 15) is 0 Å². The van der Waals surface area contributed by atoms with E-state index in [4.69, 9.17) is 5.73 Å². The van der Waals surface area contributed by atoms with Crippen molar-refractivity contribution in [2.45, 2.75) is 45.7 Å². The molecule has 0 aliphatic rings. The third-order valence-corrected chi connectivity index (χ3v) is 2.19. The number of aromatic nitrogens is 3. The van der Waals surface area contributed by atoms with Crippen LogP contribution in [0.25, 0.3) is 0 Å². The molecule has 0 aliphatic carbocycles. The molecule has 1 aromatic heterocycles. The second-order valence-corrected chi connectivity index (χ2v) is 3.22. The number of hydrogen-bond acceptors (Lipinski definition) is 3. The molecule has 1 heterocycles. The second-order valence-electron chi connectivity index (χ2n) is 3.22. The van der Waals surface area contributed by atoms with Crippen LogP contribution in [-0.4, -0.2) is 14.8 Å². The standard InChI is InChI=1S/C9H18N4/c1-3-5-6-8(10)9-12-11-7-13(9)4-2/h7-8H,3-6,10H2,1-2H3. The van der Waals surface area contributed by atoms with Crippen molar-refractivity contribution in [1.29, 1.82) is 0 Å². The maximum Gasteiger partial charge on any atom is 0.149 e. The molecule has 0 spiro atoms. The Morgan fingerprint density at radius 1 is 1.54 bits per heavy atom. The van der Waals surface area contributed by atoms with Crippen LogP contribution in [0.4, 0.5) is 0 Å². The number of aryl methyl sites for hydroxylation is 1. The summed E-state index contributed by atoms with van der Waals surface area (Å²) in [4.78, 5) is 0. The van der Waals surface area contributed by atoms with Gasteiger partial charge in [-0.05, 0) is 13.3 Å². The van der Waals surface area contributed by atoms with Gasteiger partial charge in [-0.25, -0.2) is 0 Å². The van der Waals surface area contributed by atoms with Crippen molar-refractivity contribution in [2.75, 3.05) is 0 Å². The van der Waals surface area contributed by atoms with E-state index in [-0.39, 0.29) is 6.04 Å². The lowest BCUT2D eigenvalue weighted by atomic mass is 10.1. The molecule has 0 bridgehead atoms. The van der Waals surface area contributed by atoms with E-state index in [1.165, 1.54) is 6.42 Å².